The number of nitrogens with one attached hydrogen (secondary N) is 1. The summed E-state index contributed by atoms with van der Waals surface area (Å²) in [7, 11) is 0. The predicted molar refractivity (Wildman–Crippen MR) is 86.2 cm³/mol. The van der Waals surface area contributed by atoms with E-state index in [4.69, 9.17) is 0 Å². The van der Waals surface area contributed by atoms with Crippen LogP contribution in [0, 0.1) is 13.8 Å². The summed E-state index contributed by atoms with van der Waals surface area (Å²) in [6, 6.07) is 10.0. The number of aryl methyl sites for hydroxylation is 1. The van der Waals surface area contributed by atoms with Crippen molar-refractivity contribution in [3.05, 3.63) is 47.3 Å². The fourth-order valence-corrected chi connectivity index (χ4v) is 2.93. The Kier molecular flexibility index (Phi) is 4.24. The number of carbonyl (C=O) groups excluding carboxylic acids is 1. The monoisotopic (exact) mass is 298 g/mol. The molecular formula is C17H22N4O. The van der Waals surface area contributed by atoms with E-state index in [2.05, 4.69) is 10.4 Å². The van der Waals surface area contributed by atoms with Gasteiger partial charge in [-0.1, -0.05) is 18.2 Å². The number of amides is 1. The number of hydrogen-bond acceptors (Lipinski definition) is 3. The summed E-state index contributed by atoms with van der Waals surface area (Å²) in [5.74, 6) is 0.195. The summed E-state index contributed by atoms with van der Waals surface area (Å²) < 4.78 is 1.93. The minimum Gasteiger partial charge on any atom is -0.340 e. The van der Waals surface area contributed by atoms with Crippen LogP contribution in [0.3, 0.4) is 0 Å². The van der Waals surface area contributed by atoms with E-state index >= 15 is 0 Å². The van der Waals surface area contributed by atoms with Gasteiger partial charge in [0.05, 0.1) is 17.8 Å². The molecule has 1 amide bonds. The van der Waals surface area contributed by atoms with Gasteiger partial charge in [0, 0.05) is 37.4 Å². The Hall–Kier alpha value is -2.14. The zero-order valence-electron chi connectivity index (χ0n) is 13.2. The highest BCUT2D eigenvalue weighted by atomic mass is 16.2. The minimum atomic E-state index is 0.195. The molecule has 0 aliphatic carbocycles. The summed E-state index contributed by atoms with van der Waals surface area (Å²) in [5, 5.41) is 7.88. The zero-order chi connectivity index (χ0) is 15.5. The van der Waals surface area contributed by atoms with Gasteiger partial charge in [-0.05, 0) is 26.0 Å². The van der Waals surface area contributed by atoms with Crippen molar-refractivity contribution in [3.8, 4) is 5.69 Å². The van der Waals surface area contributed by atoms with E-state index in [1.807, 2.05) is 53.8 Å². The van der Waals surface area contributed by atoms with E-state index in [1.165, 1.54) is 0 Å². The third kappa shape index (κ3) is 2.90. The van der Waals surface area contributed by atoms with Crippen molar-refractivity contribution in [3.63, 3.8) is 0 Å². The lowest BCUT2D eigenvalue weighted by molar-refractivity contribution is -0.131. The van der Waals surface area contributed by atoms with Crippen LogP contribution < -0.4 is 5.32 Å². The normalized spacial score (nSPS) is 15.1. The van der Waals surface area contributed by atoms with E-state index in [9.17, 15) is 4.79 Å². The van der Waals surface area contributed by atoms with Crippen molar-refractivity contribution < 1.29 is 4.79 Å². The molecule has 2 heterocycles. The van der Waals surface area contributed by atoms with Gasteiger partial charge in [-0.3, -0.25) is 4.79 Å². The molecule has 1 fully saturated rings. The maximum Gasteiger partial charge on any atom is 0.227 e. The molecule has 0 saturated carbocycles. The number of piperazine rings is 1. The number of rotatable bonds is 3. The maximum absolute atomic E-state index is 12.5. The molecule has 1 aliphatic heterocycles. The van der Waals surface area contributed by atoms with Crippen LogP contribution in [0.15, 0.2) is 30.3 Å². The zero-order valence-corrected chi connectivity index (χ0v) is 13.2. The first kappa shape index (κ1) is 14.8. The Bertz CT molecular complexity index is 657. The second kappa shape index (κ2) is 6.32. The molecule has 22 heavy (non-hydrogen) atoms. The van der Waals surface area contributed by atoms with Crippen molar-refractivity contribution in [1.82, 2.24) is 20.0 Å². The van der Waals surface area contributed by atoms with Crippen molar-refractivity contribution in [2.24, 2.45) is 0 Å². The second-order valence-electron chi connectivity index (χ2n) is 5.70. The molecule has 3 rings (SSSR count). The minimum absolute atomic E-state index is 0.195. The van der Waals surface area contributed by atoms with Crippen LogP contribution in [0.25, 0.3) is 5.69 Å². The van der Waals surface area contributed by atoms with Gasteiger partial charge in [-0.25, -0.2) is 4.68 Å². The molecule has 116 valence electrons. The smallest absolute Gasteiger partial charge is 0.227 e. The molecule has 1 aromatic carbocycles. The lowest BCUT2D eigenvalue weighted by atomic mass is 10.1. The number of benzene rings is 1. The summed E-state index contributed by atoms with van der Waals surface area (Å²) in [6.07, 6.45) is 0.435. The summed E-state index contributed by atoms with van der Waals surface area (Å²) >= 11 is 0. The molecule has 5 heteroatoms. The Balaban J connectivity index is 1.82. The first-order chi connectivity index (χ1) is 10.7. The number of aromatic nitrogens is 2. The highest BCUT2D eigenvalue weighted by molar-refractivity contribution is 5.79. The van der Waals surface area contributed by atoms with Crippen LogP contribution in [0.4, 0.5) is 0 Å². The third-order valence-corrected chi connectivity index (χ3v) is 4.24. The van der Waals surface area contributed by atoms with Gasteiger partial charge in [-0.15, -0.1) is 0 Å². The van der Waals surface area contributed by atoms with Gasteiger partial charge in [0.1, 0.15) is 0 Å². The van der Waals surface area contributed by atoms with Crippen LogP contribution in [0.1, 0.15) is 17.0 Å². The van der Waals surface area contributed by atoms with Crippen LogP contribution in [-0.2, 0) is 11.2 Å². The molecule has 0 unspecified atom stereocenters. The predicted octanol–water partition coefficient (Wildman–Crippen LogP) is 1.46. The van der Waals surface area contributed by atoms with Crippen molar-refractivity contribution in [2.75, 3.05) is 26.2 Å². The van der Waals surface area contributed by atoms with E-state index < -0.39 is 0 Å². The number of nitrogens with zero attached hydrogens (tertiary/aromatic N) is 3. The number of carbonyl (C=O) groups is 1. The highest BCUT2D eigenvalue weighted by Gasteiger charge is 2.20. The van der Waals surface area contributed by atoms with E-state index in [0.29, 0.717) is 6.42 Å². The van der Waals surface area contributed by atoms with Gasteiger partial charge in [0.2, 0.25) is 5.91 Å². The molecule has 1 N–H and O–H groups in total. The van der Waals surface area contributed by atoms with Crippen molar-refractivity contribution >= 4 is 5.91 Å². The molecule has 0 radical (unpaired) electrons. The summed E-state index contributed by atoms with van der Waals surface area (Å²) in [6.45, 7) is 7.37. The molecule has 5 nitrogen and oxygen atoms in total. The standard InChI is InChI=1S/C17H22N4O/c1-13-16(12-17(22)20-10-8-18-9-11-20)14(2)21(19-13)15-6-4-3-5-7-15/h3-7,18H,8-12H2,1-2H3. The Labute approximate surface area is 130 Å². The number of para-hydroxylation sites is 1. The van der Waals surface area contributed by atoms with Gasteiger partial charge in [-0.2, -0.15) is 5.10 Å². The summed E-state index contributed by atoms with van der Waals surface area (Å²) in [5.41, 5.74) is 4.06. The van der Waals surface area contributed by atoms with Crippen molar-refractivity contribution in [1.29, 1.82) is 0 Å². The van der Waals surface area contributed by atoms with E-state index in [0.717, 1.165) is 48.8 Å². The largest absolute Gasteiger partial charge is 0.340 e. The Morgan fingerprint density at radius 3 is 2.55 bits per heavy atom. The van der Waals surface area contributed by atoms with Crippen molar-refractivity contribution in [2.45, 2.75) is 20.3 Å². The van der Waals surface area contributed by atoms with Gasteiger partial charge < -0.3 is 10.2 Å². The second-order valence-corrected chi connectivity index (χ2v) is 5.70. The molecular weight excluding hydrogens is 276 g/mol. The number of hydrogen-bond donors (Lipinski definition) is 1. The first-order valence-corrected chi connectivity index (χ1v) is 7.76. The van der Waals surface area contributed by atoms with Gasteiger partial charge in [0.25, 0.3) is 0 Å². The van der Waals surface area contributed by atoms with Crippen LogP contribution in [0.5, 0.6) is 0 Å². The SMILES string of the molecule is Cc1nn(-c2ccccc2)c(C)c1CC(=O)N1CCNCC1. The molecule has 1 saturated heterocycles. The van der Waals surface area contributed by atoms with Crippen LogP contribution in [0.2, 0.25) is 0 Å². The molecule has 0 spiro atoms. The lowest BCUT2D eigenvalue weighted by Gasteiger charge is -2.27. The highest BCUT2D eigenvalue weighted by Crippen LogP contribution is 2.19. The van der Waals surface area contributed by atoms with Crippen LogP contribution in [-0.4, -0.2) is 46.8 Å². The lowest BCUT2D eigenvalue weighted by Crippen LogP contribution is -2.47. The molecule has 1 aromatic heterocycles. The molecule has 0 bridgehead atoms. The molecule has 2 aromatic rings. The molecule has 0 atom stereocenters. The topological polar surface area (TPSA) is 50.2 Å². The Morgan fingerprint density at radius 1 is 1.18 bits per heavy atom. The summed E-state index contributed by atoms with van der Waals surface area (Å²) in [4.78, 5) is 14.4. The average Bonchev–Trinajstić information content (AvgIpc) is 2.84. The van der Waals surface area contributed by atoms with E-state index in [1.54, 1.807) is 0 Å². The maximum atomic E-state index is 12.5. The first-order valence-electron chi connectivity index (χ1n) is 7.76. The van der Waals surface area contributed by atoms with Gasteiger partial charge >= 0.3 is 0 Å². The quantitative estimate of drug-likeness (QED) is 0.933. The fraction of sp³-hybridized carbons (Fsp3) is 0.412. The Morgan fingerprint density at radius 2 is 1.86 bits per heavy atom. The average molecular weight is 298 g/mol. The fourth-order valence-electron chi connectivity index (χ4n) is 2.93. The van der Waals surface area contributed by atoms with E-state index in [-0.39, 0.29) is 5.91 Å². The molecule has 1 aliphatic rings. The third-order valence-electron chi connectivity index (χ3n) is 4.24. The van der Waals surface area contributed by atoms with Gasteiger partial charge in [0.15, 0.2) is 0 Å². The van der Waals surface area contributed by atoms with Crippen LogP contribution >= 0.6 is 0 Å².